The summed E-state index contributed by atoms with van der Waals surface area (Å²) in [5.74, 6) is 0.743. The molecule has 0 radical (unpaired) electrons. The van der Waals surface area contributed by atoms with Crippen LogP contribution in [-0.4, -0.2) is 35.8 Å². The Labute approximate surface area is 114 Å². The summed E-state index contributed by atoms with van der Waals surface area (Å²) < 4.78 is 30.9. The average molecular weight is 286 g/mol. The van der Waals surface area contributed by atoms with Gasteiger partial charge in [0.15, 0.2) is 5.75 Å². The molecule has 19 heavy (non-hydrogen) atoms. The largest absolute Gasteiger partial charge is 0.487 e. The van der Waals surface area contributed by atoms with Crippen molar-refractivity contribution in [2.45, 2.75) is 56.9 Å². The van der Waals surface area contributed by atoms with Crippen molar-refractivity contribution in [3.8, 4) is 5.75 Å². The van der Waals surface area contributed by atoms with Crippen molar-refractivity contribution >= 4 is 9.84 Å². The Bertz CT molecular complexity index is 510. The van der Waals surface area contributed by atoms with E-state index in [2.05, 4.69) is 12.0 Å². The van der Waals surface area contributed by atoms with Gasteiger partial charge in [0.25, 0.3) is 0 Å². The maximum Gasteiger partial charge on any atom is 0.157 e. The number of aryl methyl sites for hydroxylation is 1. The first-order valence-electron chi connectivity index (χ1n) is 6.87. The SMILES string of the molecule is CCCn1cc(OC2CCCC(S(C)(=O)=O)C2)cn1. The van der Waals surface area contributed by atoms with Crippen LogP contribution in [0, 0.1) is 0 Å². The van der Waals surface area contributed by atoms with Gasteiger partial charge in [0.05, 0.1) is 17.6 Å². The van der Waals surface area contributed by atoms with Gasteiger partial charge in [0.1, 0.15) is 15.9 Å². The number of rotatable bonds is 5. The molecule has 0 saturated heterocycles. The molecule has 1 aromatic rings. The van der Waals surface area contributed by atoms with E-state index in [-0.39, 0.29) is 11.4 Å². The lowest BCUT2D eigenvalue weighted by molar-refractivity contribution is 0.156. The fourth-order valence-electron chi connectivity index (χ4n) is 2.55. The van der Waals surface area contributed by atoms with Crippen molar-refractivity contribution in [1.82, 2.24) is 9.78 Å². The minimum atomic E-state index is -2.96. The molecular formula is C13H22N2O3S. The van der Waals surface area contributed by atoms with E-state index in [0.717, 1.165) is 38.0 Å². The van der Waals surface area contributed by atoms with Crippen molar-refractivity contribution in [2.24, 2.45) is 0 Å². The number of hydrogen-bond donors (Lipinski definition) is 0. The van der Waals surface area contributed by atoms with Crippen LogP contribution in [0.1, 0.15) is 39.0 Å². The van der Waals surface area contributed by atoms with Gasteiger partial charge in [-0.3, -0.25) is 4.68 Å². The van der Waals surface area contributed by atoms with Gasteiger partial charge in [-0.15, -0.1) is 0 Å². The number of aromatic nitrogens is 2. The Morgan fingerprint density at radius 1 is 1.47 bits per heavy atom. The fraction of sp³-hybridized carbons (Fsp3) is 0.769. The van der Waals surface area contributed by atoms with E-state index in [1.807, 2.05) is 10.9 Å². The predicted octanol–water partition coefficient (Wildman–Crippen LogP) is 2.03. The molecule has 2 unspecified atom stereocenters. The highest BCUT2D eigenvalue weighted by atomic mass is 32.2. The molecule has 1 saturated carbocycles. The number of hydrogen-bond acceptors (Lipinski definition) is 4. The van der Waals surface area contributed by atoms with Gasteiger partial charge in [-0.05, 0) is 25.7 Å². The standard InChI is InChI=1S/C13H22N2O3S/c1-3-7-15-10-12(9-14-15)18-11-5-4-6-13(8-11)19(2,16)17/h9-11,13H,3-8H2,1-2H3. The lowest BCUT2D eigenvalue weighted by atomic mass is 9.97. The summed E-state index contributed by atoms with van der Waals surface area (Å²) >= 11 is 0. The fourth-order valence-corrected chi connectivity index (χ4v) is 3.71. The maximum atomic E-state index is 11.6. The predicted molar refractivity (Wildman–Crippen MR) is 74.0 cm³/mol. The molecule has 0 N–H and O–H groups in total. The summed E-state index contributed by atoms with van der Waals surface area (Å²) in [6, 6.07) is 0. The van der Waals surface area contributed by atoms with Gasteiger partial charge in [-0.25, -0.2) is 8.42 Å². The van der Waals surface area contributed by atoms with Crippen molar-refractivity contribution in [1.29, 1.82) is 0 Å². The first-order valence-corrected chi connectivity index (χ1v) is 8.82. The van der Waals surface area contributed by atoms with Crippen molar-refractivity contribution in [3.05, 3.63) is 12.4 Å². The second kappa shape index (κ2) is 5.94. The number of sulfone groups is 1. The van der Waals surface area contributed by atoms with Gasteiger partial charge in [-0.2, -0.15) is 5.10 Å². The highest BCUT2D eigenvalue weighted by molar-refractivity contribution is 7.91. The normalized spacial score (nSPS) is 24.3. The van der Waals surface area contributed by atoms with Crippen LogP contribution in [0.3, 0.4) is 0 Å². The molecule has 1 fully saturated rings. The molecule has 1 heterocycles. The third kappa shape index (κ3) is 3.96. The van der Waals surface area contributed by atoms with Crippen molar-refractivity contribution < 1.29 is 13.2 Å². The zero-order valence-corrected chi connectivity index (χ0v) is 12.4. The monoisotopic (exact) mass is 286 g/mol. The maximum absolute atomic E-state index is 11.6. The van der Waals surface area contributed by atoms with Gasteiger partial charge < -0.3 is 4.74 Å². The van der Waals surface area contributed by atoms with E-state index in [9.17, 15) is 8.42 Å². The minimum absolute atomic E-state index is 0.00671. The lowest BCUT2D eigenvalue weighted by Crippen LogP contribution is -2.33. The quantitative estimate of drug-likeness (QED) is 0.831. The Hall–Kier alpha value is -1.04. The van der Waals surface area contributed by atoms with E-state index in [1.165, 1.54) is 6.26 Å². The third-order valence-corrected chi connectivity index (χ3v) is 5.19. The van der Waals surface area contributed by atoms with Crippen LogP contribution in [0.25, 0.3) is 0 Å². The lowest BCUT2D eigenvalue weighted by Gasteiger charge is -2.27. The molecular weight excluding hydrogens is 264 g/mol. The van der Waals surface area contributed by atoms with Gasteiger partial charge in [0, 0.05) is 19.2 Å². The molecule has 1 aliphatic rings. The van der Waals surface area contributed by atoms with Crippen molar-refractivity contribution in [2.75, 3.05) is 6.26 Å². The molecule has 0 amide bonds. The van der Waals surface area contributed by atoms with Crippen LogP contribution < -0.4 is 4.74 Å². The number of ether oxygens (including phenoxy) is 1. The van der Waals surface area contributed by atoms with E-state index in [4.69, 9.17) is 4.74 Å². The topological polar surface area (TPSA) is 61.2 Å². The summed E-state index contributed by atoms with van der Waals surface area (Å²) in [6.45, 7) is 2.97. The zero-order valence-electron chi connectivity index (χ0n) is 11.6. The molecule has 108 valence electrons. The van der Waals surface area contributed by atoms with E-state index < -0.39 is 9.84 Å². The van der Waals surface area contributed by atoms with Crippen LogP contribution in [0.5, 0.6) is 5.75 Å². The van der Waals surface area contributed by atoms with Crippen LogP contribution in [-0.2, 0) is 16.4 Å². The molecule has 0 aromatic carbocycles. The Kier molecular flexibility index (Phi) is 4.50. The highest BCUT2D eigenvalue weighted by Crippen LogP contribution is 2.27. The first kappa shape index (κ1) is 14.4. The first-order chi connectivity index (χ1) is 8.99. The van der Waals surface area contributed by atoms with Gasteiger partial charge >= 0.3 is 0 Å². The van der Waals surface area contributed by atoms with Gasteiger partial charge in [-0.1, -0.05) is 6.92 Å². The Morgan fingerprint density at radius 3 is 2.95 bits per heavy atom. The molecule has 0 spiro atoms. The van der Waals surface area contributed by atoms with Crippen LogP contribution in [0.4, 0.5) is 0 Å². The van der Waals surface area contributed by atoms with Crippen LogP contribution in [0.15, 0.2) is 12.4 Å². The second-order valence-electron chi connectivity index (χ2n) is 5.30. The van der Waals surface area contributed by atoms with E-state index >= 15 is 0 Å². The molecule has 2 atom stereocenters. The van der Waals surface area contributed by atoms with E-state index in [0.29, 0.717) is 6.42 Å². The van der Waals surface area contributed by atoms with E-state index in [1.54, 1.807) is 6.20 Å². The molecule has 0 aliphatic heterocycles. The molecule has 2 rings (SSSR count). The molecule has 5 nitrogen and oxygen atoms in total. The van der Waals surface area contributed by atoms with Gasteiger partial charge in [0.2, 0.25) is 0 Å². The highest BCUT2D eigenvalue weighted by Gasteiger charge is 2.30. The third-order valence-electron chi connectivity index (χ3n) is 3.55. The molecule has 0 bridgehead atoms. The number of nitrogens with zero attached hydrogens (tertiary/aromatic N) is 2. The summed E-state index contributed by atoms with van der Waals surface area (Å²) in [7, 11) is -2.96. The molecule has 1 aliphatic carbocycles. The minimum Gasteiger partial charge on any atom is -0.487 e. The van der Waals surface area contributed by atoms with Crippen LogP contribution >= 0.6 is 0 Å². The summed E-state index contributed by atoms with van der Waals surface area (Å²) in [6.07, 6.45) is 9.11. The summed E-state index contributed by atoms with van der Waals surface area (Å²) in [4.78, 5) is 0. The van der Waals surface area contributed by atoms with Crippen LogP contribution in [0.2, 0.25) is 0 Å². The average Bonchev–Trinajstić information content (AvgIpc) is 2.76. The molecule has 1 aromatic heterocycles. The van der Waals surface area contributed by atoms with Crippen molar-refractivity contribution in [3.63, 3.8) is 0 Å². The summed E-state index contributed by atoms with van der Waals surface area (Å²) in [5, 5.41) is 3.96. The molecule has 6 heteroatoms. The smallest absolute Gasteiger partial charge is 0.157 e. The zero-order chi connectivity index (χ0) is 13.9. The Morgan fingerprint density at radius 2 is 2.26 bits per heavy atom. The summed E-state index contributed by atoms with van der Waals surface area (Å²) in [5.41, 5.74) is 0. The Balaban J connectivity index is 1.94. The second-order valence-corrected chi connectivity index (χ2v) is 7.62.